The van der Waals surface area contributed by atoms with E-state index in [-0.39, 0.29) is 11.2 Å². The van der Waals surface area contributed by atoms with Gasteiger partial charge in [0.2, 0.25) is 0 Å². The zero-order valence-corrected chi connectivity index (χ0v) is 6.47. The zero-order valence-electron chi connectivity index (χ0n) is 6.47. The molecule has 0 atom stereocenters. The molecule has 0 aromatic carbocycles. The van der Waals surface area contributed by atoms with E-state index in [4.69, 9.17) is 13.1 Å². The second kappa shape index (κ2) is 3.03. The number of rotatable bonds is 0. The molecule has 0 bridgehead atoms. The highest BCUT2D eigenvalue weighted by Crippen LogP contribution is 2.18. The van der Waals surface area contributed by atoms with E-state index >= 15 is 0 Å². The third-order valence-electron chi connectivity index (χ3n) is 0.791. The number of hydrogen-bond donors (Lipinski definition) is 0. The molecule has 0 aliphatic heterocycles. The van der Waals surface area contributed by atoms with Crippen molar-refractivity contribution in [1.29, 1.82) is 0 Å². The summed E-state index contributed by atoms with van der Waals surface area (Å²) in [6.45, 7) is 19.1. The van der Waals surface area contributed by atoms with Crippen LogP contribution in [-0.2, 0) is 0 Å². The Morgan fingerprint density at radius 2 is 1.60 bits per heavy atom. The molecule has 10 heavy (non-hydrogen) atoms. The maximum atomic E-state index is 6.58. The molecule has 0 aromatic heterocycles. The largest absolute Gasteiger partial charge is 0.515 e. The summed E-state index contributed by atoms with van der Waals surface area (Å²) in [5, 5.41) is 0. The van der Waals surface area contributed by atoms with Crippen LogP contribution in [0.25, 0.3) is 9.69 Å². The molecule has 0 rings (SSSR count). The van der Waals surface area contributed by atoms with Crippen molar-refractivity contribution in [3.63, 3.8) is 0 Å². The van der Waals surface area contributed by atoms with E-state index in [2.05, 4.69) is 9.69 Å². The molecule has 0 aliphatic carbocycles. The van der Waals surface area contributed by atoms with E-state index in [0.29, 0.717) is 0 Å². The Labute approximate surface area is 61.8 Å². The van der Waals surface area contributed by atoms with Crippen LogP contribution in [-0.4, -0.2) is 0 Å². The summed E-state index contributed by atoms with van der Waals surface area (Å²) in [4.78, 5) is 6.10. The minimum atomic E-state index is -0.0650. The van der Waals surface area contributed by atoms with Crippen LogP contribution >= 0.6 is 0 Å². The first kappa shape index (κ1) is 8.72. The fourth-order valence-electron chi connectivity index (χ4n) is 0.477. The molecule has 0 spiro atoms. The molecule has 0 radical (unpaired) electrons. The lowest BCUT2D eigenvalue weighted by Gasteiger charge is -2.08. The molecule has 0 amide bonds. The molecule has 0 fully saturated rings. The Balaban J connectivity index is 4.50. The third kappa shape index (κ3) is 3.69. The highest BCUT2D eigenvalue weighted by Gasteiger charge is 2.12. The third-order valence-corrected chi connectivity index (χ3v) is 0.791. The van der Waals surface area contributed by atoms with Crippen molar-refractivity contribution in [2.45, 2.75) is 20.8 Å². The average molecular weight is 134 g/mol. The number of nitrogens with zero attached hydrogens (tertiary/aromatic N) is 2. The maximum Gasteiger partial charge on any atom is 0.515 e. The van der Waals surface area contributed by atoms with Crippen molar-refractivity contribution in [3.8, 4) is 0 Å². The first-order chi connectivity index (χ1) is 4.49. The van der Waals surface area contributed by atoms with Crippen molar-refractivity contribution < 1.29 is 0 Å². The van der Waals surface area contributed by atoms with Crippen LogP contribution in [0.3, 0.4) is 0 Å². The molecule has 52 valence electrons. The molecule has 0 aromatic rings. The second-order valence-corrected chi connectivity index (χ2v) is 3.09. The van der Waals surface area contributed by atoms with Gasteiger partial charge in [-0.2, -0.15) is 9.69 Å². The Kier molecular flexibility index (Phi) is 2.65. The normalized spacial score (nSPS) is 9.30. The lowest BCUT2D eigenvalue weighted by Crippen LogP contribution is -1.99. The quantitative estimate of drug-likeness (QED) is 0.450. The van der Waals surface area contributed by atoms with Gasteiger partial charge in [-0.3, -0.25) is 0 Å². The smallest absolute Gasteiger partial charge is 0.154 e. The fourth-order valence-corrected chi connectivity index (χ4v) is 0.477. The van der Waals surface area contributed by atoms with Crippen LogP contribution in [0.1, 0.15) is 20.8 Å². The summed E-state index contributed by atoms with van der Waals surface area (Å²) in [6.07, 6.45) is 1.67. The standard InChI is InChI=1S/C8H10N2/c1-8(2,3)6-7(9-4)10-5/h6H,1-3H3. The van der Waals surface area contributed by atoms with Gasteiger partial charge in [-0.25, -0.2) is 0 Å². The minimum Gasteiger partial charge on any atom is -0.154 e. The molecule has 0 saturated heterocycles. The van der Waals surface area contributed by atoms with E-state index in [1.807, 2.05) is 20.8 Å². The predicted octanol–water partition coefficient (Wildman–Crippen LogP) is 2.71. The number of allylic oxidation sites excluding steroid dienone is 1. The fraction of sp³-hybridized carbons (Fsp3) is 0.500. The maximum absolute atomic E-state index is 6.58. The van der Waals surface area contributed by atoms with Crippen LogP contribution in [0.4, 0.5) is 0 Å². The van der Waals surface area contributed by atoms with Crippen molar-refractivity contribution in [2.24, 2.45) is 5.41 Å². The molecule has 0 heterocycles. The topological polar surface area (TPSA) is 8.72 Å². The first-order valence-corrected chi connectivity index (χ1v) is 2.97. The van der Waals surface area contributed by atoms with Crippen molar-refractivity contribution in [3.05, 3.63) is 34.7 Å². The summed E-state index contributed by atoms with van der Waals surface area (Å²) >= 11 is 0. The van der Waals surface area contributed by atoms with Gasteiger partial charge in [-0.05, 0) is 5.41 Å². The number of hydrogen-bond acceptors (Lipinski definition) is 0. The van der Waals surface area contributed by atoms with Crippen molar-refractivity contribution in [2.75, 3.05) is 0 Å². The molecule has 0 saturated carbocycles. The van der Waals surface area contributed by atoms with Gasteiger partial charge in [0.25, 0.3) is 0 Å². The highest BCUT2D eigenvalue weighted by atomic mass is 14.9. The van der Waals surface area contributed by atoms with Gasteiger partial charge in [-0.15, -0.1) is 0 Å². The van der Waals surface area contributed by atoms with E-state index in [1.165, 1.54) is 0 Å². The Bertz CT molecular complexity index is 201. The lowest BCUT2D eigenvalue weighted by molar-refractivity contribution is 0.542. The Morgan fingerprint density at radius 3 is 1.70 bits per heavy atom. The average Bonchev–Trinajstić information content (AvgIpc) is 1.81. The van der Waals surface area contributed by atoms with Crippen LogP contribution in [0, 0.1) is 18.6 Å². The molecular formula is C8H10N2. The van der Waals surface area contributed by atoms with Crippen LogP contribution < -0.4 is 0 Å². The van der Waals surface area contributed by atoms with Crippen molar-refractivity contribution >= 4 is 0 Å². The molecule has 0 N–H and O–H groups in total. The summed E-state index contributed by atoms with van der Waals surface area (Å²) in [5.74, 6) is 0.160. The van der Waals surface area contributed by atoms with Gasteiger partial charge in [-0.1, -0.05) is 20.8 Å². The first-order valence-electron chi connectivity index (χ1n) is 2.97. The van der Waals surface area contributed by atoms with Gasteiger partial charge in [0.15, 0.2) is 0 Å². The summed E-state index contributed by atoms with van der Waals surface area (Å²) in [6, 6.07) is 0. The van der Waals surface area contributed by atoms with Gasteiger partial charge in [0.1, 0.15) is 13.1 Å². The van der Waals surface area contributed by atoms with Gasteiger partial charge in [0, 0.05) is 6.08 Å². The Morgan fingerprint density at radius 1 is 1.20 bits per heavy atom. The molecule has 2 nitrogen and oxygen atoms in total. The highest BCUT2D eigenvalue weighted by molar-refractivity contribution is 5.19. The van der Waals surface area contributed by atoms with E-state index in [0.717, 1.165) is 0 Å². The molecule has 0 aliphatic rings. The van der Waals surface area contributed by atoms with E-state index in [1.54, 1.807) is 6.08 Å². The van der Waals surface area contributed by atoms with Crippen LogP contribution in [0.2, 0.25) is 0 Å². The van der Waals surface area contributed by atoms with Gasteiger partial charge >= 0.3 is 5.82 Å². The van der Waals surface area contributed by atoms with Crippen LogP contribution in [0.15, 0.2) is 11.9 Å². The molecule has 2 heteroatoms. The van der Waals surface area contributed by atoms with E-state index < -0.39 is 0 Å². The van der Waals surface area contributed by atoms with E-state index in [9.17, 15) is 0 Å². The summed E-state index contributed by atoms with van der Waals surface area (Å²) in [7, 11) is 0. The minimum absolute atomic E-state index is 0.0650. The summed E-state index contributed by atoms with van der Waals surface area (Å²) in [5.41, 5.74) is -0.0650. The molecule has 0 unspecified atom stereocenters. The van der Waals surface area contributed by atoms with Crippen molar-refractivity contribution in [1.82, 2.24) is 0 Å². The lowest BCUT2D eigenvalue weighted by atomic mass is 9.97. The van der Waals surface area contributed by atoms with Crippen LogP contribution in [0.5, 0.6) is 0 Å². The summed E-state index contributed by atoms with van der Waals surface area (Å²) < 4.78 is 0. The predicted molar refractivity (Wildman–Crippen MR) is 40.7 cm³/mol. The Hall–Kier alpha value is -1.28. The zero-order chi connectivity index (χ0) is 8.20. The SMILES string of the molecule is [C-]#[N+]C(=CC(C)(C)C)[N+]#[C-]. The van der Waals surface area contributed by atoms with Gasteiger partial charge < -0.3 is 0 Å². The second-order valence-electron chi connectivity index (χ2n) is 3.09. The van der Waals surface area contributed by atoms with Gasteiger partial charge in [0.05, 0.1) is 0 Å². The molecular weight excluding hydrogens is 124 g/mol. The monoisotopic (exact) mass is 134 g/mol.